The van der Waals surface area contributed by atoms with Gasteiger partial charge in [0.15, 0.2) is 4.96 Å². The fourth-order valence-electron chi connectivity index (χ4n) is 3.55. The summed E-state index contributed by atoms with van der Waals surface area (Å²) in [7, 11) is 0. The third kappa shape index (κ3) is 2.49. The van der Waals surface area contributed by atoms with Crippen molar-refractivity contribution in [3.63, 3.8) is 0 Å². The van der Waals surface area contributed by atoms with Crippen LogP contribution in [0.4, 0.5) is 0 Å². The van der Waals surface area contributed by atoms with E-state index in [1.54, 1.807) is 23.5 Å². The van der Waals surface area contributed by atoms with Gasteiger partial charge in [-0.25, -0.2) is 4.98 Å². The molecule has 30 heavy (non-hydrogen) atoms. The minimum Gasteiger partial charge on any atom is -0.463 e. The molecule has 2 aromatic carbocycles. The highest BCUT2D eigenvalue weighted by Crippen LogP contribution is 2.34. The maximum Gasteiger partial charge on any atom is 0.266 e. The molecular weight excluding hydrogens is 468 g/mol. The van der Waals surface area contributed by atoms with Gasteiger partial charge >= 0.3 is 0 Å². The van der Waals surface area contributed by atoms with Crippen molar-refractivity contribution in [2.45, 2.75) is 6.92 Å². The van der Waals surface area contributed by atoms with Gasteiger partial charge in [-0.15, -0.1) is 10.2 Å². The van der Waals surface area contributed by atoms with Crippen molar-refractivity contribution in [2.75, 3.05) is 0 Å². The Hall–Kier alpha value is -3.30. The van der Waals surface area contributed by atoms with Crippen LogP contribution in [0, 0.1) is 6.92 Å². The lowest BCUT2D eigenvalue weighted by atomic mass is 10.2. The van der Waals surface area contributed by atoms with Gasteiger partial charge in [0.1, 0.15) is 23.1 Å². The summed E-state index contributed by atoms with van der Waals surface area (Å²) in [6, 6.07) is 13.3. The number of aryl methyl sites for hydroxylation is 1. The smallest absolute Gasteiger partial charge is 0.266 e. The third-order valence-electron chi connectivity index (χ3n) is 4.92. The van der Waals surface area contributed by atoms with Crippen molar-refractivity contribution in [2.24, 2.45) is 0 Å². The van der Waals surface area contributed by atoms with E-state index in [-0.39, 0.29) is 16.9 Å². The number of hydrogen-bond donors (Lipinski definition) is 0. The summed E-state index contributed by atoms with van der Waals surface area (Å²) in [5.74, 6) is 0.404. The van der Waals surface area contributed by atoms with Gasteiger partial charge in [-0.3, -0.25) is 9.20 Å². The molecule has 0 atom stereocenters. The summed E-state index contributed by atoms with van der Waals surface area (Å²) in [5, 5.41) is 8.77. The molecule has 0 aliphatic carbocycles. The van der Waals surface area contributed by atoms with Crippen molar-refractivity contribution >= 4 is 53.4 Å². The van der Waals surface area contributed by atoms with Crippen molar-refractivity contribution in [1.29, 1.82) is 0 Å². The second kappa shape index (κ2) is 6.35. The van der Waals surface area contributed by atoms with Crippen LogP contribution in [0.3, 0.4) is 0 Å². The minimum absolute atomic E-state index is 0.106. The van der Waals surface area contributed by atoms with Crippen LogP contribution >= 0.6 is 27.3 Å². The van der Waals surface area contributed by atoms with E-state index < -0.39 is 0 Å². The third-order valence-corrected chi connectivity index (χ3v) is 6.44. The second-order valence-electron chi connectivity index (χ2n) is 6.76. The van der Waals surface area contributed by atoms with Gasteiger partial charge in [-0.05, 0) is 37.3 Å². The Kier molecular flexibility index (Phi) is 3.71. The predicted octanol–water partition coefficient (Wildman–Crippen LogP) is 5.44. The minimum atomic E-state index is -0.233. The molecule has 0 bridgehead atoms. The fourth-order valence-corrected chi connectivity index (χ4v) is 4.98. The normalized spacial score (nSPS) is 11.8. The molecule has 0 unspecified atom stereocenters. The number of aromatic nitrogens is 4. The Balaban J connectivity index is 1.55. The molecular formula is C21H11BrN4O3S. The van der Waals surface area contributed by atoms with Crippen molar-refractivity contribution in [3.8, 4) is 23.0 Å². The van der Waals surface area contributed by atoms with Gasteiger partial charge in [0.25, 0.3) is 11.8 Å². The van der Waals surface area contributed by atoms with E-state index in [2.05, 4.69) is 31.1 Å². The zero-order chi connectivity index (χ0) is 20.4. The van der Waals surface area contributed by atoms with Crippen LogP contribution in [-0.2, 0) is 0 Å². The van der Waals surface area contributed by atoms with Crippen LogP contribution in [0.5, 0.6) is 0 Å². The predicted molar refractivity (Wildman–Crippen MR) is 118 cm³/mol. The van der Waals surface area contributed by atoms with E-state index in [0.29, 0.717) is 22.6 Å². The molecule has 0 N–H and O–H groups in total. The SMILES string of the molecule is Cc1nc2sc3ccccc3n2c1-c1nnc(-c2coc3ccc(Br)cc3c2=O)o1. The van der Waals surface area contributed by atoms with Crippen LogP contribution in [0.25, 0.3) is 49.2 Å². The number of thiazole rings is 1. The zero-order valence-corrected chi connectivity index (χ0v) is 17.8. The van der Waals surface area contributed by atoms with Crippen LogP contribution in [0.15, 0.2) is 66.8 Å². The number of fused-ring (bicyclic) bond motifs is 4. The summed E-state index contributed by atoms with van der Waals surface area (Å²) in [4.78, 5) is 18.5. The molecule has 0 fully saturated rings. The Bertz CT molecular complexity index is 1660. The molecule has 6 rings (SSSR count). The lowest BCUT2D eigenvalue weighted by molar-refractivity contribution is 0.568. The highest BCUT2D eigenvalue weighted by Gasteiger charge is 2.22. The van der Waals surface area contributed by atoms with Crippen LogP contribution in [-0.4, -0.2) is 19.6 Å². The Morgan fingerprint density at radius 2 is 1.93 bits per heavy atom. The maximum absolute atomic E-state index is 13.0. The highest BCUT2D eigenvalue weighted by atomic mass is 79.9. The van der Waals surface area contributed by atoms with E-state index in [1.807, 2.05) is 41.7 Å². The van der Waals surface area contributed by atoms with E-state index in [9.17, 15) is 4.79 Å². The van der Waals surface area contributed by atoms with Gasteiger partial charge in [0.2, 0.25) is 5.43 Å². The standard InChI is InChI=1S/C21H11BrN4O3S/c1-10-17(26-14-4-2-3-5-16(14)30-21(26)23-10)20-25-24-19(29-20)13-9-28-15-7-6-11(22)8-12(15)18(13)27/h2-9H,1H3. The maximum atomic E-state index is 13.0. The molecule has 0 spiro atoms. The summed E-state index contributed by atoms with van der Waals surface area (Å²) in [6.45, 7) is 1.90. The highest BCUT2D eigenvalue weighted by molar-refractivity contribution is 9.10. The van der Waals surface area contributed by atoms with Gasteiger partial charge in [-0.1, -0.05) is 39.4 Å². The Morgan fingerprint density at radius 3 is 2.83 bits per heavy atom. The first-order valence-corrected chi connectivity index (χ1v) is 10.6. The molecule has 0 aliphatic heterocycles. The first-order valence-electron chi connectivity index (χ1n) is 9.02. The summed E-state index contributed by atoms with van der Waals surface area (Å²) < 4.78 is 15.4. The van der Waals surface area contributed by atoms with Crippen LogP contribution in [0.2, 0.25) is 0 Å². The van der Waals surface area contributed by atoms with Gasteiger partial charge in [0, 0.05) is 4.47 Å². The molecule has 7 nitrogen and oxygen atoms in total. The monoisotopic (exact) mass is 478 g/mol. The van der Waals surface area contributed by atoms with Gasteiger partial charge < -0.3 is 8.83 Å². The summed E-state index contributed by atoms with van der Waals surface area (Å²) in [6.07, 6.45) is 1.36. The van der Waals surface area contributed by atoms with Crippen LogP contribution < -0.4 is 5.43 Å². The number of hydrogen-bond acceptors (Lipinski definition) is 7. The fraction of sp³-hybridized carbons (Fsp3) is 0.0476. The number of para-hydroxylation sites is 1. The topological polar surface area (TPSA) is 86.4 Å². The van der Waals surface area contributed by atoms with Crippen molar-refractivity contribution < 1.29 is 8.83 Å². The molecule has 146 valence electrons. The molecule has 9 heteroatoms. The first-order chi connectivity index (χ1) is 14.6. The first kappa shape index (κ1) is 17.5. The van der Waals surface area contributed by atoms with E-state index in [4.69, 9.17) is 8.83 Å². The quantitative estimate of drug-likeness (QED) is 0.329. The molecule has 4 heterocycles. The molecule has 0 amide bonds. The van der Waals surface area contributed by atoms with Gasteiger partial charge in [-0.2, -0.15) is 0 Å². The molecule has 0 aliphatic rings. The zero-order valence-electron chi connectivity index (χ0n) is 15.4. The summed E-state index contributed by atoms with van der Waals surface area (Å²) >= 11 is 4.98. The second-order valence-corrected chi connectivity index (χ2v) is 8.69. The van der Waals surface area contributed by atoms with E-state index in [1.165, 1.54) is 6.26 Å². The lowest BCUT2D eigenvalue weighted by Gasteiger charge is -2.00. The van der Waals surface area contributed by atoms with E-state index >= 15 is 0 Å². The lowest BCUT2D eigenvalue weighted by Crippen LogP contribution is -2.04. The average Bonchev–Trinajstić information content (AvgIpc) is 3.42. The summed E-state index contributed by atoms with van der Waals surface area (Å²) in [5.41, 5.74) is 2.98. The molecule has 0 radical (unpaired) electrons. The van der Waals surface area contributed by atoms with Crippen molar-refractivity contribution in [1.82, 2.24) is 19.6 Å². The Labute approximate surface area is 180 Å². The number of rotatable bonds is 2. The number of nitrogens with zero attached hydrogens (tertiary/aromatic N) is 4. The Morgan fingerprint density at radius 1 is 1.10 bits per heavy atom. The molecule has 0 saturated carbocycles. The molecule has 0 saturated heterocycles. The van der Waals surface area contributed by atoms with Gasteiger partial charge in [0.05, 0.1) is 21.3 Å². The molecule has 6 aromatic rings. The van der Waals surface area contributed by atoms with Crippen molar-refractivity contribution in [3.05, 3.63) is 69.1 Å². The average molecular weight is 479 g/mol. The number of halogens is 1. The molecule has 4 aromatic heterocycles. The number of imidazole rings is 1. The van der Waals surface area contributed by atoms with E-state index in [0.717, 1.165) is 25.3 Å². The largest absolute Gasteiger partial charge is 0.463 e. The van der Waals surface area contributed by atoms with Crippen LogP contribution in [0.1, 0.15) is 5.69 Å². The number of benzene rings is 2.